The highest BCUT2D eigenvalue weighted by Gasteiger charge is 2.30. The number of halogens is 3. The molecular formula is C23H15F3N4O3. The van der Waals surface area contributed by atoms with E-state index in [0.717, 1.165) is 22.9 Å². The number of fused-ring (bicyclic) bond motifs is 1. The van der Waals surface area contributed by atoms with Crippen molar-refractivity contribution in [3.8, 4) is 11.8 Å². The summed E-state index contributed by atoms with van der Waals surface area (Å²) in [5, 5.41) is 13.4. The van der Waals surface area contributed by atoms with E-state index in [0.29, 0.717) is 16.6 Å². The van der Waals surface area contributed by atoms with Crippen molar-refractivity contribution in [1.29, 1.82) is 5.26 Å². The number of ether oxygens (including phenoxy) is 1. The zero-order valence-electron chi connectivity index (χ0n) is 17.1. The Bertz CT molecular complexity index is 1480. The van der Waals surface area contributed by atoms with Gasteiger partial charge in [-0.1, -0.05) is 12.1 Å². The highest BCUT2D eigenvalue weighted by Crippen LogP contribution is 2.30. The number of hydrogen-bond acceptors (Lipinski definition) is 5. The molecule has 10 heteroatoms. The number of carbonyl (C=O) groups is 1. The van der Waals surface area contributed by atoms with Crippen LogP contribution >= 0.6 is 0 Å². The maximum Gasteiger partial charge on any atom is 0.416 e. The molecule has 33 heavy (non-hydrogen) atoms. The van der Waals surface area contributed by atoms with Crippen LogP contribution in [0.1, 0.15) is 32.9 Å². The van der Waals surface area contributed by atoms with E-state index in [1.807, 2.05) is 0 Å². The molecule has 0 fully saturated rings. The predicted octanol–water partition coefficient (Wildman–Crippen LogP) is 4.04. The number of alkyl halides is 3. The van der Waals surface area contributed by atoms with Crippen LogP contribution in [0, 0.1) is 18.3 Å². The molecule has 0 spiro atoms. The van der Waals surface area contributed by atoms with E-state index in [9.17, 15) is 28.0 Å². The first-order chi connectivity index (χ1) is 15.7. The van der Waals surface area contributed by atoms with E-state index >= 15 is 0 Å². The van der Waals surface area contributed by atoms with E-state index in [4.69, 9.17) is 4.74 Å². The molecule has 0 saturated heterocycles. The first-order valence-electron chi connectivity index (χ1n) is 9.63. The summed E-state index contributed by atoms with van der Waals surface area (Å²) in [6.45, 7) is 1.19. The summed E-state index contributed by atoms with van der Waals surface area (Å²) in [5.41, 5.74) is -0.559. The van der Waals surface area contributed by atoms with Gasteiger partial charge in [-0.2, -0.15) is 23.5 Å². The topological polar surface area (TPSA) is 89.4 Å². The molecule has 0 N–H and O–H groups in total. The fourth-order valence-corrected chi connectivity index (χ4v) is 3.39. The van der Waals surface area contributed by atoms with Gasteiger partial charge in [0.2, 0.25) is 11.1 Å². The zero-order chi connectivity index (χ0) is 23.8. The van der Waals surface area contributed by atoms with Gasteiger partial charge < -0.3 is 9.14 Å². The lowest BCUT2D eigenvalue weighted by Gasteiger charge is -2.13. The van der Waals surface area contributed by atoms with Crippen LogP contribution in [0.5, 0.6) is 0 Å². The number of rotatable bonds is 4. The van der Waals surface area contributed by atoms with Gasteiger partial charge in [0.15, 0.2) is 0 Å². The van der Waals surface area contributed by atoms with Crippen LogP contribution in [0.25, 0.3) is 11.2 Å². The third kappa shape index (κ3) is 4.21. The van der Waals surface area contributed by atoms with Crippen LogP contribution in [0.15, 0.2) is 65.7 Å². The highest BCUT2D eigenvalue weighted by atomic mass is 19.4. The molecule has 3 aromatic heterocycles. The van der Waals surface area contributed by atoms with Crippen molar-refractivity contribution >= 4 is 11.5 Å². The SMILES string of the molecule is Cc1cc(=O)c(C(=O)OCc2cn3ccccc3c2C#N)nn1-c1cccc(C(F)(F)F)c1. The van der Waals surface area contributed by atoms with Crippen molar-refractivity contribution < 1.29 is 22.7 Å². The first kappa shape index (κ1) is 21.8. The summed E-state index contributed by atoms with van der Waals surface area (Å²) >= 11 is 0. The monoisotopic (exact) mass is 452 g/mol. The van der Waals surface area contributed by atoms with Gasteiger partial charge in [-0.05, 0) is 37.3 Å². The standard InChI is InChI=1S/C23H15F3N4O3/c1-14-9-20(31)21(28-30(14)17-6-4-5-16(10-17)23(24,25)26)22(32)33-13-15-12-29-8-3-2-7-19(29)18(15)11-27/h2-10,12H,13H2,1H3. The second-order valence-corrected chi connectivity index (χ2v) is 7.17. The molecule has 0 unspecified atom stereocenters. The van der Waals surface area contributed by atoms with Crippen LogP contribution in [-0.2, 0) is 17.5 Å². The molecule has 166 valence electrons. The third-order valence-corrected chi connectivity index (χ3v) is 4.95. The number of pyridine rings is 1. The molecule has 0 saturated carbocycles. The van der Waals surface area contributed by atoms with E-state index in [2.05, 4.69) is 11.2 Å². The molecule has 4 rings (SSSR count). The zero-order valence-corrected chi connectivity index (χ0v) is 17.1. The minimum absolute atomic E-state index is 0.0295. The molecule has 7 nitrogen and oxygen atoms in total. The van der Waals surface area contributed by atoms with Gasteiger partial charge in [-0.3, -0.25) is 4.79 Å². The third-order valence-electron chi connectivity index (χ3n) is 4.95. The van der Waals surface area contributed by atoms with E-state index in [-0.39, 0.29) is 18.0 Å². The van der Waals surface area contributed by atoms with Gasteiger partial charge in [-0.15, -0.1) is 0 Å². The van der Waals surface area contributed by atoms with Crippen LogP contribution in [0.3, 0.4) is 0 Å². The number of aryl methyl sites for hydroxylation is 1. The number of hydrogen-bond donors (Lipinski definition) is 0. The molecular weight excluding hydrogens is 437 g/mol. The Kier molecular flexibility index (Phi) is 5.47. The fraction of sp³-hybridized carbons (Fsp3) is 0.130. The molecule has 0 atom stereocenters. The van der Waals surface area contributed by atoms with Crippen molar-refractivity contribution in [2.24, 2.45) is 0 Å². The number of carbonyl (C=O) groups excluding carboxylic acids is 1. The Labute approximate surface area is 184 Å². The summed E-state index contributed by atoms with van der Waals surface area (Å²) in [4.78, 5) is 25.0. The number of esters is 1. The molecule has 0 radical (unpaired) electrons. The van der Waals surface area contributed by atoms with Crippen molar-refractivity contribution in [3.63, 3.8) is 0 Å². The van der Waals surface area contributed by atoms with Crippen molar-refractivity contribution in [1.82, 2.24) is 14.2 Å². The molecule has 0 aliphatic carbocycles. The predicted molar refractivity (Wildman–Crippen MR) is 111 cm³/mol. The molecule has 0 bridgehead atoms. The summed E-state index contributed by atoms with van der Waals surface area (Å²) in [7, 11) is 0. The van der Waals surface area contributed by atoms with E-state index in [1.54, 1.807) is 35.0 Å². The molecule has 4 aromatic rings. The maximum absolute atomic E-state index is 13.1. The first-order valence-corrected chi connectivity index (χ1v) is 9.63. The highest BCUT2D eigenvalue weighted by molar-refractivity contribution is 5.87. The lowest BCUT2D eigenvalue weighted by Crippen LogP contribution is -2.24. The largest absolute Gasteiger partial charge is 0.456 e. The number of benzene rings is 1. The van der Waals surface area contributed by atoms with E-state index < -0.39 is 28.8 Å². The Hall–Kier alpha value is -4.39. The Morgan fingerprint density at radius 2 is 1.97 bits per heavy atom. The normalized spacial score (nSPS) is 11.4. The maximum atomic E-state index is 13.1. The quantitative estimate of drug-likeness (QED) is 0.436. The minimum Gasteiger partial charge on any atom is -0.456 e. The van der Waals surface area contributed by atoms with Gasteiger partial charge in [0.05, 0.1) is 22.3 Å². The number of nitriles is 1. The van der Waals surface area contributed by atoms with Crippen molar-refractivity contribution in [3.05, 3.63) is 99.2 Å². The Morgan fingerprint density at radius 1 is 1.18 bits per heavy atom. The molecule has 0 amide bonds. The van der Waals surface area contributed by atoms with E-state index in [1.165, 1.54) is 19.1 Å². The average Bonchev–Trinajstić information content (AvgIpc) is 3.14. The number of aromatic nitrogens is 3. The van der Waals surface area contributed by atoms with Crippen LogP contribution in [0.4, 0.5) is 13.2 Å². The average molecular weight is 452 g/mol. The van der Waals surface area contributed by atoms with Gasteiger partial charge in [-0.25, -0.2) is 9.48 Å². The summed E-state index contributed by atoms with van der Waals surface area (Å²) in [5.74, 6) is -1.06. The van der Waals surface area contributed by atoms with Crippen LogP contribution < -0.4 is 5.43 Å². The lowest BCUT2D eigenvalue weighted by atomic mass is 10.2. The summed E-state index contributed by atoms with van der Waals surface area (Å²) < 4.78 is 47.2. The van der Waals surface area contributed by atoms with Gasteiger partial charge in [0.1, 0.15) is 12.7 Å². The molecule has 1 aromatic carbocycles. The van der Waals surface area contributed by atoms with Crippen molar-refractivity contribution in [2.45, 2.75) is 19.7 Å². The van der Waals surface area contributed by atoms with Crippen LogP contribution in [-0.4, -0.2) is 20.2 Å². The lowest BCUT2D eigenvalue weighted by molar-refractivity contribution is -0.137. The smallest absolute Gasteiger partial charge is 0.416 e. The summed E-state index contributed by atoms with van der Waals surface area (Å²) in [6.07, 6.45) is -1.20. The molecule has 3 heterocycles. The van der Waals surface area contributed by atoms with Gasteiger partial charge >= 0.3 is 12.1 Å². The minimum atomic E-state index is -4.57. The van der Waals surface area contributed by atoms with Gasteiger partial charge in [0.25, 0.3) is 0 Å². The Morgan fingerprint density at radius 3 is 2.70 bits per heavy atom. The van der Waals surface area contributed by atoms with Crippen molar-refractivity contribution in [2.75, 3.05) is 0 Å². The van der Waals surface area contributed by atoms with Crippen LogP contribution in [0.2, 0.25) is 0 Å². The Balaban J connectivity index is 1.65. The van der Waals surface area contributed by atoms with Gasteiger partial charge in [0, 0.05) is 29.7 Å². The second-order valence-electron chi connectivity index (χ2n) is 7.17. The number of nitrogens with zero attached hydrogens (tertiary/aromatic N) is 4. The summed E-state index contributed by atoms with van der Waals surface area (Å²) in [6, 6.07) is 12.8. The molecule has 0 aliphatic heterocycles. The second kappa shape index (κ2) is 8.27. The molecule has 0 aliphatic rings. The fourth-order valence-electron chi connectivity index (χ4n) is 3.39.